The van der Waals surface area contributed by atoms with Crippen LogP contribution in [0.5, 0.6) is 0 Å². The fourth-order valence-electron chi connectivity index (χ4n) is 2.73. The van der Waals surface area contributed by atoms with E-state index in [0.29, 0.717) is 22.2 Å². The number of benzene rings is 1. The molecule has 0 aliphatic rings. The lowest BCUT2D eigenvalue weighted by atomic mass is 10.1. The maximum Gasteiger partial charge on any atom is 0.277 e. The maximum absolute atomic E-state index is 12.6. The summed E-state index contributed by atoms with van der Waals surface area (Å²) in [7, 11) is 0. The average molecular weight is 350 g/mol. The van der Waals surface area contributed by atoms with Crippen LogP contribution in [0, 0.1) is 13.8 Å². The van der Waals surface area contributed by atoms with Gasteiger partial charge < -0.3 is 4.98 Å². The summed E-state index contributed by atoms with van der Waals surface area (Å²) < 4.78 is 1.16. The van der Waals surface area contributed by atoms with Crippen LogP contribution in [0.2, 0.25) is 0 Å². The van der Waals surface area contributed by atoms with Gasteiger partial charge in [0.05, 0.1) is 5.56 Å². The third-order valence-corrected chi connectivity index (χ3v) is 4.19. The lowest BCUT2D eigenvalue weighted by molar-refractivity contribution is 0.102. The van der Waals surface area contributed by atoms with E-state index < -0.39 is 5.91 Å². The summed E-state index contributed by atoms with van der Waals surface area (Å²) in [6, 6.07) is 8.20. The van der Waals surface area contributed by atoms with E-state index >= 15 is 0 Å². The van der Waals surface area contributed by atoms with Crippen LogP contribution in [0.1, 0.15) is 21.6 Å². The normalized spacial score (nSPS) is 11.2. The predicted octanol–water partition coefficient (Wildman–Crippen LogP) is 1.13. The number of aryl methyl sites for hydroxylation is 1. The molecular formula is C17H14N6O3. The van der Waals surface area contributed by atoms with Crippen molar-refractivity contribution in [1.29, 1.82) is 0 Å². The molecule has 0 radical (unpaired) electrons. The van der Waals surface area contributed by atoms with Crippen molar-refractivity contribution >= 4 is 28.5 Å². The van der Waals surface area contributed by atoms with Crippen molar-refractivity contribution in [3.8, 4) is 0 Å². The molecule has 0 fully saturated rings. The number of hydrogen-bond donors (Lipinski definition) is 3. The standard InChI is InChI=1S/C17H14N6O3/c1-8-9(2)18-17-21-16(22-23(17)15(8)26)20-14(25)11-7-13(24)19-12-6-4-3-5-10(11)12/h3-7H,1-2H3,(H,19,24)(H2,18,20,21,22,25). The van der Waals surface area contributed by atoms with Crippen LogP contribution in [-0.4, -0.2) is 30.5 Å². The molecule has 0 aliphatic carbocycles. The Bertz CT molecular complexity index is 1300. The number of fused-ring (bicyclic) bond motifs is 2. The van der Waals surface area contributed by atoms with Gasteiger partial charge in [-0.3, -0.25) is 24.8 Å². The van der Waals surface area contributed by atoms with Gasteiger partial charge in [-0.05, 0) is 19.9 Å². The first kappa shape index (κ1) is 15.8. The SMILES string of the molecule is Cc1nc2nc(NC(=O)c3cc(=O)[nH]c4ccccc34)[nH]n2c(=O)c1C. The van der Waals surface area contributed by atoms with E-state index in [2.05, 4.69) is 25.4 Å². The highest BCUT2D eigenvalue weighted by Gasteiger charge is 2.15. The molecule has 4 rings (SSSR count). The Kier molecular flexibility index (Phi) is 3.43. The number of H-pyrrole nitrogens is 2. The molecule has 0 spiro atoms. The minimum atomic E-state index is -0.521. The largest absolute Gasteiger partial charge is 0.322 e. The van der Waals surface area contributed by atoms with E-state index in [4.69, 9.17) is 0 Å². The predicted molar refractivity (Wildman–Crippen MR) is 95.6 cm³/mol. The van der Waals surface area contributed by atoms with Crippen molar-refractivity contribution < 1.29 is 4.79 Å². The summed E-state index contributed by atoms with van der Waals surface area (Å²) in [6.07, 6.45) is 0. The Morgan fingerprint density at radius 3 is 2.73 bits per heavy atom. The monoisotopic (exact) mass is 350 g/mol. The number of nitrogens with one attached hydrogen (secondary N) is 3. The summed E-state index contributed by atoms with van der Waals surface area (Å²) in [6.45, 7) is 3.38. The highest BCUT2D eigenvalue weighted by atomic mass is 16.2. The number of nitrogens with zero attached hydrogens (tertiary/aromatic N) is 3. The molecule has 3 N–H and O–H groups in total. The van der Waals surface area contributed by atoms with Crippen LogP contribution in [0.15, 0.2) is 39.9 Å². The fraction of sp³-hybridized carbons (Fsp3) is 0.118. The zero-order valence-electron chi connectivity index (χ0n) is 14.0. The smallest absolute Gasteiger partial charge is 0.277 e. The molecule has 0 saturated heterocycles. The molecule has 0 saturated carbocycles. The molecule has 0 aliphatic heterocycles. The summed E-state index contributed by atoms with van der Waals surface area (Å²) in [4.78, 5) is 47.7. The Labute approximate surface area is 145 Å². The molecule has 9 heteroatoms. The second kappa shape index (κ2) is 5.66. The quantitative estimate of drug-likeness (QED) is 0.500. The lowest BCUT2D eigenvalue weighted by Crippen LogP contribution is -2.20. The molecular weight excluding hydrogens is 336 g/mol. The average Bonchev–Trinajstić information content (AvgIpc) is 3.01. The van der Waals surface area contributed by atoms with Crippen LogP contribution < -0.4 is 16.4 Å². The first-order chi connectivity index (χ1) is 12.4. The van der Waals surface area contributed by atoms with Crippen molar-refractivity contribution in [2.75, 3.05) is 5.32 Å². The fourth-order valence-corrected chi connectivity index (χ4v) is 2.73. The molecule has 4 aromatic rings. The third kappa shape index (κ3) is 2.46. The van der Waals surface area contributed by atoms with E-state index in [0.717, 1.165) is 4.52 Å². The summed E-state index contributed by atoms with van der Waals surface area (Å²) >= 11 is 0. The molecule has 9 nitrogen and oxygen atoms in total. The third-order valence-electron chi connectivity index (χ3n) is 4.19. The molecule has 1 amide bonds. The van der Waals surface area contributed by atoms with Gasteiger partial charge in [-0.2, -0.15) is 9.50 Å². The second-order valence-corrected chi connectivity index (χ2v) is 5.88. The first-order valence-corrected chi connectivity index (χ1v) is 7.83. The van der Waals surface area contributed by atoms with Crippen LogP contribution >= 0.6 is 0 Å². The summed E-state index contributed by atoms with van der Waals surface area (Å²) in [5.74, 6) is -0.300. The van der Waals surface area contributed by atoms with Crippen molar-refractivity contribution in [3.05, 3.63) is 67.9 Å². The van der Waals surface area contributed by atoms with Crippen LogP contribution in [0.3, 0.4) is 0 Å². The van der Waals surface area contributed by atoms with Gasteiger partial charge in [-0.1, -0.05) is 18.2 Å². The zero-order chi connectivity index (χ0) is 18.4. The minimum Gasteiger partial charge on any atom is -0.322 e. The number of hydrogen-bond acceptors (Lipinski definition) is 5. The topological polar surface area (TPSA) is 125 Å². The highest BCUT2D eigenvalue weighted by molar-refractivity contribution is 6.11. The van der Waals surface area contributed by atoms with E-state index in [1.165, 1.54) is 6.07 Å². The van der Waals surface area contributed by atoms with Crippen molar-refractivity contribution in [1.82, 2.24) is 24.6 Å². The van der Waals surface area contributed by atoms with Gasteiger partial charge in [0.25, 0.3) is 17.2 Å². The Morgan fingerprint density at radius 2 is 1.92 bits per heavy atom. The molecule has 3 heterocycles. The Balaban J connectivity index is 1.78. The molecule has 130 valence electrons. The van der Waals surface area contributed by atoms with E-state index in [9.17, 15) is 14.4 Å². The van der Waals surface area contributed by atoms with Gasteiger partial charge in [-0.25, -0.2) is 4.98 Å². The Morgan fingerprint density at radius 1 is 1.15 bits per heavy atom. The number of aromatic nitrogens is 5. The lowest BCUT2D eigenvalue weighted by Gasteiger charge is -2.05. The summed E-state index contributed by atoms with van der Waals surface area (Å²) in [5, 5.41) is 5.88. The number of carbonyl (C=O) groups excluding carboxylic acids is 1. The number of amides is 1. The zero-order valence-corrected chi connectivity index (χ0v) is 14.0. The number of anilines is 1. The van der Waals surface area contributed by atoms with Gasteiger partial charge >= 0.3 is 0 Å². The first-order valence-electron chi connectivity index (χ1n) is 7.83. The van der Waals surface area contributed by atoms with E-state index in [1.807, 2.05) is 0 Å². The van der Waals surface area contributed by atoms with Crippen molar-refractivity contribution in [3.63, 3.8) is 0 Å². The molecule has 3 aromatic heterocycles. The second-order valence-electron chi connectivity index (χ2n) is 5.88. The van der Waals surface area contributed by atoms with Crippen LogP contribution in [0.25, 0.3) is 16.7 Å². The minimum absolute atomic E-state index is 0.0639. The van der Waals surface area contributed by atoms with Gasteiger partial charge in [-0.15, -0.1) is 0 Å². The van der Waals surface area contributed by atoms with Crippen molar-refractivity contribution in [2.45, 2.75) is 13.8 Å². The van der Waals surface area contributed by atoms with Crippen LogP contribution in [0.4, 0.5) is 5.95 Å². The Hall–Kier alpha value is -3.75. The number of carbonyl (C=O) groups is 1. The van der Waals surface area contributed by atoms with E-state index in [-0.39, 0.29) is 28.4 Å². The number of aromatic amines is 2. The summed E-state index contributed by atoms with van der Waals surface area (Å²) in [5.41, 5.74) is 1.14. The molecule has 26 heavy (non-hydrogen) atoms. The van der Waals surface area contributed by atoms with Gasteiger partial charge in [0, 0.05) is 28.2 Å². The van der Waals surface area contributed by atoms with Gasteiger partial charge in [0.15, 0.2) is 0 Å². The van der Waals surface area contributed by atoms with Gasteiger partial charge in [0.1, 0.15) is 0 Å². The molecule has 0 bridgehead atoms. The maximum atomic E-state index is 12.6. The van der Waals surface area contributed by atoms with Gasteiger partial charge in [0.2, 0.25) is 11.5 Å². The van der Waals surface area contributed by atoms with Crippen LogP contribution in [-0.2, 0) is 0 Å². The molecule has 0 unspecified atom stereocenters. The van der Waals surface area contributed by atoms with E-state index in [1.54, 1.807) is 38.1 Å². The number of pyridine rings is 1. The van der Waals surface area contributed by atoms with Crippen molar-refractivity contribution in [2.24, 2.45) is 0 Å². The molecule has 0 atom stereocenters. The number of rotatable bonds is 2. The number of para-hydroxylation sites is 1. The highest BCUT2D eigenvalue weighted by Crippen LogP contribution is 2.15. The molecule has 1 aromatic carbocycles.